The van der Waals surface area contributed by atoms with Crippen molar-refractivity contribution in [3.8, 4) is 11.1 Å². The molecule has 0 N–H and O–H groups in total. The summed E-state index contributed by atoms with van der Waals surface area (Å²) in [7, 11) is 0. The lowest BCUT2D eigenvalue weighted by atomic mass is 9.83. The third-order valence-electron chi connectivity index (χ3n) is 7.97. The molecule has 3 aliphatic heterocycles. The molecule has 38 heavy (non-hydrogen) atoms. The Labute approximate surface area is 227 Å². The molecule has 2 heteroatoms. The summed E-state index contributed by atoms with van der Waals surface area (Å²) in [6.45, 7) is 15.6. The molecule has 0 amide bonds. The van der Waals surface area contributed by atoms with Crippen LogP contribution in [0.4, 0.5) is 0 Å². The summed E-state index contributed by atoms with van der Waals surface area (Å²) in [5.74, 6) is 0. The van der Waals surface area contributed by atoms with E-state index in [-0.39, 0.29) is 11.5 Å². The number of rotatable bonds is 4. The molecule has 3 aromatic carbocycles. The highest BCUT2D eigenvalue weighted by Gasteiger charge is 2.39. The van der Waals surface area contributed by atoms with Crippen LogP contribution in [0.5, 0.6) is 0 Å². The minimum atomic E-state index is 0.0698. The number of benzene rings is 3. The first kappa shape index (κ1) is 24.3. The van der Waals surface area contributed by atoms with Crippen molar-refractivity contribution in [3.63, 3.8) is 0 Å². The van der Waals surface area contributed by atoms with Crippen molar-refractivity contribution in [2.24, 2.45) is 5.41 Å². The molecule has 0 radical (unpaired) electrons. The Kier molecular flexibility index (Phi) is 5.99. The average molecular weight is 497 g/mol. The molecule has 3 aromatic rings. The average Bonchev–Trinajstić information content (AvgIpc) is 3.25. The van der Waals surface area contributed by atoms with Crippen molar-refractivity contribution in [2.75, 3.05) is 13.1 Å². The van der Waals surface area contributed by atoms with Gasteiger partial charge in [0.25, 0.3) is 0 Å². The Bertz CT molecular complexity index is 1520. The van der Waals surface area contributed by atoms with E-state index in [0.29, 0.717) is 0 Å². The molecule has 0 aliphatic carbocycles. The van der Waals surface area contributed by atoms with Crippen molar-refractivity contribution in [2.45, 2.75) is 33.7 Å². The number of hydrogen-bond acceptors (Lipinski definition) is 2. The molecule has 1 atom stereocenters. The van der Waals surface area contributed by atoms with Crippen LogP contribution in [0.25, 0.3) is 22.5 Å². The van der Waals surface area contributed by atoms with Crippen LogP contribution in [0.3, 0.4) is 0 Å². The molecule has 190 valence electrons. The predicted molar refractivity (Wildman–Crippen MR) is 161 cm³/mol. The van der Waals surface area contributed by atoms with E-state index in [1.54, 1.807) is 0 Å². The SMILES string of the molecule is C=C([C@H]1c2ccccc2C2=CC=C(C)CN21)N1CC=C(C(C)(C)C)C=C1c1cccc(-c2ccccc2)c1. The van der Waals surface area contributed by atoms with E-state index in [1.807, 2.05) is 0 Å². The van der Waals surface area contributed by atoms with E-state index >= 15 is 0 Å². The first-order valence-electron chi connectivity index (χ1n) is 13.6. The molecular formula is C36H36N2. The van der Waals surface area contributed by atoms with Gasteiger partial charge in [0.2, 0.25) is 0 Å². The molecule has 0 fully saturated rings. The standard InChI is InChI=1S/C36H36N2/c1-25-18-19-33-31-16-9-10-17-32(31)35(38(33)24-25)26(2)37-21-20-30(36(3,4)5)23-34(37)29-15-11-14-28(22-29)27-12-7-6-8-13-27/h6-20,22-23,35H,2,21,24H2,1,3-5H3/t35-/m0/s1. The van der Waals surface area contributed by atoms with Crippen LogP contribution in [0, 0.1) is 5.41 Å². The Hall–Kier alpha value is -4.04. The molecule has 2 nitrogen and oxygen atoms in total. The van der Waals surface area contributed by atoms with Crippen LogP contribution >= 0.6 is 0 Å². The van der Waals surface area contributed by atoms with Crippen LogP contribution in [0.2, 0.25) is 0 Å². The van der Waals surface area contributed by atoms with E-state index in [9.17, 15) is 0 Å². The van der Waals surface area contributed by atoms with Crippen LogP contribution < -0.4 is 0 Å². The molecule has 3 heterocycles. The number of allylic oxidation sites excluding steroid dienone is 4. The molecule has 0 saturated heterocycles. The quantitative estimate of drug-likeness (QED) is 0.356. The fourth-order valence-electron chi connectivity index (χ4n) is 5.94. The second-order valence-electron chi connectivity index (χ2n) is 11.7. The molecule has 0 bridgehead atoms. The Balaban J connectivity index is 1.44. The van der Waals surface area contributed by atoms with Gasteiger partial charge in [-0.2, -0.15) is 0 Å². The third-order valence-corrected chi connectivity index (χ3v) is 7.97. The lowest BCUT2D eigenvalue weighted by Crippen LogP contribution is -2.34. The lowest BCUT2D eigenvalue weighted by molar-refractivity contribution is 0.324. The smallest absolute Gasteiger partial charge is 0.0950 e. The predicted octanol–water partition coefficient (Wildman–Crippen LogP) is 8.85. The summed E-state index contributed by atoms with van der Waals surface area (Å²) in [6.07, 6.45) is 9.30. The zero-order valence-corrected chi connectivity index (χ0v) is 22.9. The van der Waals surface area contributed by atoms with Crippen LogP contribution in [-0.2, 0) is 0 Å². The van der Waals surface area contributed by atoms with Gasteiger partial charge >= 0.3 is 0 Å². The molecule has 3 aliphatic rings. The van der Waals surface area contributed by atoms with E-state index in [4.69, 9.17) is 6.58 Å². The Morgan fingerprint density at radius 2 is 1.53 bits per heavy atom. The fourth-order valence-corrected chi connectivity index (χ4v) is 5.94. The summed E-state index contributed by atoms with van der Waals surface area (Å²) in [5.41, 5.74) is 12.8. The lowest BCUT2D eigenvalue weighted by Gasteiger charge is -2.40. The van der Waals surface area contributed by atoms with Gasteiger partial charge in [0.1, 0.15) is 0 Å². The van der Waals surface area contributed by atoms with Gasteiger partial charge in [0, 0.05) is 35.7 Å². The summed E-state index contributed by atoms with van der Waals surface area (Å²) >= 11 is 0. The van der Waals surface area contributed by atoms with Gasteiger partial charge in [-0.1, -0.05) is 118 Å². The molecule has 0 saturated carbocycles. The van der Waals surface area contributed by atoms with Crippen LogP contribution in [0.15, 0.2) is 127 Å². The zero-order chi connectivity index (χ0) is 26.4. The van der Waals surface area contributed by atoms with Gasteiger partial charge in [-0.15, -0.1) is 0 Å². The molecule has 6 rings (SSSR count). The summed E-state index contributed by atoms with van der Waals surface area (Å²) in [5, 5.41) is 0. The summed E-state index contributed by atoms with van der Waals surface area (Å²) in [4.78, 5) is 4.97. The highest BCUT2D eigenvalue weighted by molar-refractivity contribution is 5.78. The summed E-state index contributed by atoms with van der Waals surface area (Å²) in [6, 6.07) is 28.5. The monoisotopic (exact) mass is 496 g/mol. The number of hydrogen-bond donors (Lipinski definition) is 0. The number of nitrogens with zero attached hydrogens (tertiary/aromatic N) is 2. The van der Waals surface area contributed by atoms with Crippen molar-refractivity contribution < 1.29 is 0 Å². The zero-order valence-electron chi connectivity index (χ0n) is 22.9. The highest BCUT2D eigenvalue weighted by atomic mass is 15.3. The topological polar surface area (TPSA) is 6.48 Å². The maximum absolute atomic E-state index is 4.79. The van der Waals surface area contributed by atoms with Crippen molar-refractivity contribution in [1.29, 1.82) is 0 Å². The fraction of sp³-hybridized carbons (Fsp3) is 0.222. The molecule has 0 spiro atoms. The summed E-state index contributed by atoms with van der Waals surface area (Å²) < 4.78 is 0. The maximum atomic E-state index is 4.79. The van der Waals surface area contributed by atoms with Crippen molar-refractivity contribution in [1.82, 2.24) is 9.80 Å². The second kappa shape index (κ2) is 9.36. The molecular weight excluding hydrogens is 460 g/mol. The first-order chi connectivity index (χ1) is 18.3. The second-order valence-corrected chi connectivity index (χ2v) is 11.7. The van der Waals surface area contributed by atoms with E-state index in [2.05, 4.69) is 141 Å². The minimum absolute atomic E-state index is 0.0698. The van der Waals surface area contributed by atoms with Crippen LogP contribution in [0.1, 0.15) is 50.4 Å². The normalized spacial score (nSPS) is 18.7. The van der Waals surface area contributed by atoms with Crippen molar-refractivity contribution in [3.05, 3.63) is 143 Å². The van der Waals surface area contributed by atoms with Gasteiger partial charge in [0.05, 0.1) is 6.04 Å². The first-order valence-corrected chi connectivity index (χ1v) is 13.6. The number of fused-ring (bicyclic) bond motifs is 3. The Morgan fingerprint density at radius 1 is 0.816 bits per heavy atom. The highest BCUT2D eigenvalue weighted by Crippen LogP contribution is 2.49. The molecule has 0 unspecified atom stereocenters. The van der Waals surface area contributed by atoms with Gasteiger partial charge in [0.15, 0.2) is 0 Å². The van der Waals surface area contributed by atoms with Crippen molar-refractivity contribution >= 4 is 11.4 Å². The Morgan fingerprint density at radius 3 is 2.32 bits per heavy atom. The maximum Gasteiger partial charge on any atom is 0.0950 e. The van der Waals surface area contributed by atoms with Gasteiger partial charge < -0.3 is 9.80 Å². The third kappa shape index (κ3) is 4.24. The van der Waals surface area contributed by atoms with E-state index in [1.165, 1.54) is 50.4 Å². The minimum Gasteiger partial charge on any atom is -0.354 e. The van der Waals surface area contributed by atoms with Gasteiger partial charge in [-0.05, 0) is 58.4 Å². The van der Waals surface area contributed by atoms with Gasteiger partial charge in [-0.25, -0.2) is 0 Å². The van der Waals surface area contributed by atoms with E-state index < -0.39 is 0 Å². The molecule has 0 aromatic heterocycles. The largest absolute Gasteiger partial charge is 0.354 e. The van der Waals surface area contributed by atoms with Gasteiger partial charge in [-0.3, -0.25) is 0 Å². The van der Waals surface area contributed by atoms with E-state index in [0.717, 1.165) is 18.8 Å². The van der Waals surface area contributed by atoms with Crippen LogP contribution in [-0.4, -0.2) is 22.9 Å².